The summed E-state index contributed by atoms with van der Waals surface area (Å²) in [4.78, 5) is 0. The van der Waals surface area contributed by atoms with Crippen LogP contribution >= 0.6 is 12.6 Å². The van der Waals surface area contributed by atoms with Crippen LogP contribution in [0.4, 0.5) is 0 Å². The molecule has 74 valence electrons. The second-order valence-corrected chi connectivity index (χ2v) is 5.15. The Morgan fingerprint density at radius 1 is 1.33 bits per heavy atom. The largest absolute Gasteiger partial charge is 0.366 e. The summed E-state index contributed by atoms with van der Waals surface area (Å²) in [6, 6.07) is 0. The molecule has 12 heavy (non-hydrogen) atoms. The van der Waals surface area contributed by atoms with Crippen molar-refractivity contribution in [1.29, 1.82) is 0 Å². The van der Waals surface area contributed by atoms with Gasteiger partial charge >= 0.3 is 0 Å². The first-order chi connectivity index (χ1) is 5.27. The summed E-state index contributed by atoms with van der Waals surface area (Å²) in [5, 5.41) is 9.47. The number of hydrogen-bond acceptors (Lipinski definition) is 3. The van der Waals surface area contributed by atoms with Gasteiger partial charge in [0.25, 0.3) is 0 Å². The van der Waals surface area contributed by atoms with Crippen molar-refractivity contribution in [3.05, 3.63) is 0 Å². The highest BCUT2D eigenvalue weighted by molar-refractivity contribution is 7.81. The quantitative estimate of drug-likeness (QED) is 0.516. The van der Waals surface area contributed by atoms with Crippen LogP contribution < -0.4 is 0 Å². The molecule has 0 aromatic rings. The molecule has 0 saturated heterocycles. The predicted octanol–water partition coefficient (Wildman–Crippen LogP) is 2.22. The highest BCUT2D eigenvalue weighted by atomic mass is 32.1. The van der Waals surface area contributed by atoms with Crippen molar-refractivity contribution in [1.82, 2.24) is 0 Å². The molecule has 0 aromatic heterocycles. The maximum Gasteiger partial charge on any atom is 0.162 e. The molecular weight excluding hydrogens is 172 g/mol. The Labute approximate surface area is 80.7 Å². The first-order valence-corrected chi connectivity index (χ1v) is 4.80. The van der Waals surface area contributed by atoms with Crippen LogP contribution in [-0.2, 0) is 4.74 Å². The summed E-state index contributed by atoms with van der Waals surface area (Å²) in [6.07, 6.45) is 1.45. The zero-order valence-corrected chi connectivity index (χ0v) is 9.32. The molecule has 2 nitrogen and oxygen atoms in total. The second kappa shape index (κ2) is 4.49. The summed E-state index contributed by atoms with van der Waals surface area (Å²) in [7, 11) is 0. The molecule has 0 saturated carbocycles. The maximum atomic E-state index is 9.47. The summed E-state index contributed by atoms with van der Waals surface area (Å²) in [5.41, 5.74) is 0. The molecule has 0 aliphatic rings. The van der Waals surface area contributed by atoms with Crippen LogP contribution in [0.2, 0.25) is 0 Å². The van der Waals surface area contributed by atoms with Gasteiger partial charge in [-0.3, -0.25) is 0 Å². The van der Waals surface area contributed by atoms with Crippen molar-refractivity contribution in [3.63, 3.8) is 0 Å². The number of thiol groups is 1. The molecule has 0 bridgehead atoms. The van der Waals surface area contributed by atoms with Gasteiger partial charge in [0.2, 0.25) is 0 Å². The Balaban J connectivity index is 3.57. The lowest BCUT2D eigenvalue weighted by Crippen LogP contribution is -2.29. The first-order valence-electron chi connectivity index (χ1n) is 4.35. The van der Waals surface area contributed by atoms with E-state index in [-0.39, 0.29) is 4.75 Å². The monoisotopic (exact) mass is 192 g/mol. The van der Waals surface area contributed by atoms with E-state index >= 15 is 0 Å². The fraction of sp³-hybridized carbons (Fsp3) is 1.00. The summed E-state index contributed by atoms with van der Waals surface area (Å²) < 4.78 is 5.24. The van der Waals surface area contributed by atoms with Crippen molar-refractivity contribution < 1.29 is 9.84 Å². The minimum atomic E-state index is -0.973. The SMILES string of the molecule is CCC(C)(O)OCCC(C)(C)S. The molecule has 1 unspecified atom stereocenters. The molecule has 1 N–H and O–H groups in total. The van der Waals surface area contributed by atoms with Crippen molar-refractivity contribution in [3.8, 4) is 0 Å². The van der Waals surface area contributed by atoms with E-state index in [0.717, 1.165) is 6.42 Å². The van der Waals surface area contributed by atoms with Crippen molar-refractivity contribution in [2.24, 2.45) is 0 Å². The molecular formula is C9H20O2S. The third-order valence-corrected chi connectivity index (χ3v) is 2.01. The van der Waals surface area contributed by atoms with Crippen LogP contribution in [0, 0.1) is 0 Å². The van der Waals surface area contributed by atoms with Crippen LogP contribution in [0.5, 0.6) is 0 Å². The van der Waals surface area contributed by atoms with Gasteiger partial charge < -0.3 is 9.84 Å². The van der Waals surface area contributed by atoms with E-state index in [0.29, 0.717) is 13.0 Å². The van der Waals surface area contributed by atoms with E-state index in [1.54, 1.807) is 6.92 Å². The van der Waals surface area contributed by atoms with E-state index in [1.165, 1.54) is 0 Å². The van der Waals surface area contributed by atoms with E-state index < -0.39 is 5.79 Å². The van der Waals surface area contributed by atoms with Gasteiger partial charge in [0.1, 0.15) is 0 Å². The van der Waals surface area contributed by atoms with E-state index in [1.807, 2.05) is 20.8 Å². The van der Waals surface area contributed by atoms with E-state index in [2.05, 4.69) is 12.6 Å². The fourth-order valence-electron chi connectivity index (χ4n) is 0.623. The third kappa shape index (κ3) is 6.95. The minimum absolute atomic E-state index is 0.0240. The van der Waals surface area contributed by atoms with Crippen LogP contribution in [0.3, 0.4) is 0 Å². The van der Waals surface area contributed by atoms with Crippen LogP contribution in [0.25, 0.3) is 0 Å². The normalized spacial score (nSPS) is 17.5. The van der Waals surface area contributed by atoms with Crippen LogP contribution in [0.1, 0.15) is 40.5 Å². The molecule has 0 aromatic carbocycles. The van der Waals surface area contributed by atoms with Gasteiger partial charge in [-0.2, -0.15) is 12.6 Å². The standard InChI is InChI=1S/C9H20O2S/c1-5-9(4,10)11-7-6-8(2,3)12/h10,12H,5-7H2,1-4H3. The molecule has 0 aliphatic carbocycles. The van der Waals surface area contributed by atoms with Gasteiger partial charge in [-0.05, 0) is 19.8 Å². The van der Waals surface area contributed by atoms with E-state index in [9.17, 15) is 5.11 Å². The van der Waals surface area contributed by atoms with Crippen molar-refractivity contribution in [2.45, 2.75) is 51.1 Å². The fourth-order valence-corrected chi connectivity index (χ4v) is 0.714. The topological polar surface area (TPSA) is 29.5 Å². The molecule has 3 heteroatoms. The van der Waals surface area contributed by atoms with E-state index in [4.69, 9.17) is 4.74 Å². The molecule has 0 amide bonds. The van der Waals surface area contributed by atoms with Gasteiger partial charge in [-0.1, -0.05) is 20.8 Å². The minimum Gasteiger partial charge on any atom is -0.366 e. The summed E-state index contributed by atoms with van der Waals surface area (Å²) in [6.45, 7) is 8.18. The van der Waals surface area contributed by atoms with Crippen molar-refractivity contribution >= 4 is 12.6 Å². The van der Waals surface area contributed by atoms with Gasteiger partial charge in [0, 0.05) is 4.75 Å². The summed E-state index contributed by atoms with van der Waals surface area (Å²) >= 11 is 4.35. The lowest BCUT2D eigenvalue weighted by molar-refractivity contribution is -0.192. The number of hydrogen-bond donors (Lipinski definition) is 2. The number of ether oxygens (including phenoxy) is 1. The predicted molar refractivity (Wildman–Crippen MR) is 54.5 cm³/mol. The number of aliphatic hydroxyl groups is 1. The second-order valence-electron chi connectivity index (χ2n) is 3.94. The molecule has 0 radical (unpaired) electrons. The molecule has 0 spiro atoms. The van der Waals surface area contributed by atoms with Gasteiger partial charge in [-0.25, -0.2) is 0 Å². The highest BCUT2D eigenvalue weighted by Crippen LogP contribution is 2.19. The Hall–Kier alpha value is 0.270. The Bertz CT molecular complexity index is 127. The highest BCUT2D eigenvalue weighted by Gasteiger charge is 2.19. The van der Waals surface area contributed by atoms with Gasteiger partial charge in [0.05, 0.1) is 6.61 Å². The zero-order valence-electron chi connectivity index (χ0n) is 8.42. The van der Waals surface area contributed by atoms with Gasteiger partial charge in [0.15, 0.2) is 5.79 Å². The molecule has 0 fully saturated rings. The molecule has 0 rings (SSSR count). The third-order valence-electron chi connectivity index (χ3n) is 1.78. The number of rotatable bonds is 5. The smallest absolute Gasteiger partial charge is 0.162 e. The Morgan fingerprint density at radius 3 is 2.17 bits per heavy atom. The maximum absolute atomic E-state index is 9.47. The Morgan fingerprint density at radius 2 is 1.83 bits per heavy atom. The van der Waals surface area contributed by atoms with Crippen LogP contribution in [-0.4, -0.2) is 22.2 Å². The lowest BCUT2D eigenvalue weighted by atomic mass is 10.1. The summed E-state index contributed by atoms with van der Waals surface area (Å²) in [5.74, 6) is -0.973. The van der Waals surface area contributed by atoms with Gasteiger partial charge in [-0.15, -0.1) is 0 Å². The lowest BCUT2D eigenvalue weighted by Gasteiger charge is -2.24. The average molecular weight is 192 g/mol. The first kappa shape index (κ1) is 12.3. The zero-order chi connectivity index (χ0) is 9.83. The van der Waals surface area contributed by atoms with Crippen LogP contribution in [0.15, 0.2) is 0 Å². The Kier molecular flexibility index (Phi) is 4.59. The molecule has 0 heterocycles. The molecule has 1 atom stereocenters. The molecule has 0 aliphatic heterocycles. The van der Waals surface area contributed by atoms with Crippen molar-refractivity contribution in [2.75, 3.05) is 6.61 Å². The average Bonchev–Trinajstić information content (AvgIpc) is 1.84.